The number of nitrogens with one attached hydrogen (secondary N) is 4. The van der Waals surface area contributed by atoms with Gasteiger partial charge in [0, 0.05) is 100.0 Å². The fraction of sp³-hybridized carbons (Fsp3) is 0.578. The van der Waals surface area contributed by atoms with E-state index >= 15 is 0 Å². The van der Waals surface area contributed by atoms with E-state index < -0.39 is 103 Å². The Morgan fingerprint density at radius 2 is 1.38 bits per heavy atom. The van der Waals surface area contributed by atoms with Crippen molar-refractivity contribution in [3.63, 3.8) is 0 Å². The molecule has 4 heterocycles. The number of aryl methyl sites for hydroxylation is 1. The van der Waals surface area contributed by atoms with E-state index in [0.29, 0.717) is 87.1 Å². The number of aromatic nitrogens is 1. The van der Waals surface area contributed by atoms with Crippen LogP contribution in [0.15, 0.2) is 59.7 Å². The number of amidine groups is 1. The van der Waals surface area contributed by atoms with E-state index in [1.54, 1.807) is 55.7 Å². The summed E-state index contributed by atoms with van der Waals surface area (Å²) in [5.41, 5.74) is 1.75. The maximum absolute atomic E-state index is 14.5. The summed E-state index contributed by atoms with van der Waals surface area (Å²) in [6.45, 7) is 1.08. The van der Waals surface area contributed by atoms with Crippen molar-refractivity contribution in [2.75, 3.05) is 125 Å². The van der Waals surface area contributed by atoms with Crippen LogP contribution in [-0.4, -0.2) is 264 Å². The molecule has 3 aliphatic rings. The summed E-state index contributed by atoms with van der Waals surface area (Å²) in [6.07, 6.45) is 5.09. The van der Waals surface area contributed by atoms with Crippen LogP contribution >= 0.6 is 22.6 Å². The number of nitriles is 1. The largest absolute Gasteiger partial charge is 0.494 e. The Kier molecular flexibility index (Phi) is 30.8. The molecule has 0 saturated carbocycles. The minimum Gasteiger partial charge on any atom is -0.494 e. The smallest absolute Gasteiger partial charge is 0.317 e. The number of hydrogen-bond donors (Lipinski definition) is 7. The lowest BCUT2D eigenvalue weighted by Gasteiger charge is -2.34. The van der Waals surface area contributed by atoms with Crippen LogP contribution in [0, 0.1) is 20.8 Å². The summed E-state index contributed by atoms with van der Waals surface area (Å²) in [7, 11) is 1.15. The van der Waals surface area contributed by atoms with Crippen molar-refractivity contribution < 1.29 is 81.5 Å². The molecule has 0 aliphatic carbocycles. The molecular formula is C64H86F2IN13O15. The molecule has 3 fully saturated rings. The molecule has 28 nitrogen and oxygen atoms in total. The molecule has 6 amide bonds. The third kappa shape index (κ3) is 26.6. The highest BCUT2D eigenvalue weighted by Crippen LogP contribution is 2.32. The zero-order valence-corrected chi connectivity index (χ0v) is 55.8. The zero-order chi connectivity index (χ0) is 69.0. The number of methoxy groups -OCH3 is 1. The van der Waals surface area contributed by atoms with Gasteiger partial charge in [-0.05, 0) is 135 Å². The molecule has 7 N–H and O–H groups in total. The van der Waals surface area contributed by atoms with Gasteiger partial charge in [-0.1, -0.05) is 12.1 Å². The highest BCUT2D eigenvalue weighted by molar-refractivity contribution is 14.1. The first kappa shape index (κ1) is 76.0. The summed E-state index contributed by atoms with van der Waals surface area (Å²) in [5, 5.41) is 49.6. The number of aliphatic carboxylic acids is 3. The van der Waals surface area contributed by atoms with E-state index in [4.69, 9.17) is 9.47 Å². The molecule has 0 radical (unpaired) electrons. The highest BCUT2D eigenvalue weighted by Gasteiger charge is 2.47. The minimum absolute atomic E-state index is 0.0520. The Morgan fingerprint density at radius 1 is 0.768 bits per heavy atom. The summed E-state index contributed by atoms with van der Waals surface area (Å²) in [4.78, 5) is 148. The number of esters is 1. The number of pyridine rings is 1. The summed E-state index contributed by atoms with van der Waals surface area (Å²) >= 11 is 2.23. The average Bonchev–Trinajstić information content (AvgIpc) is 1.63. The van der Waals surface area contributed by atoms with Gasteiger partial charge >= 0.3 is 23.9 Å². The standard InChI is InChI=1S/C64H86F2IN13O15/c1-43(72-54(81)10-5-7-44-11-13-46(67)14-12-44)69-20-4-3-9-52(73-55(82)38-75-24-26-76(39-57(84)85)28-30-78(41-59(88)89)31-29-77(27-25-75)40-58(86)87)62(92)74-53(34-60(90)94-2)63(93)79-22-18-45(19-23-79)8-6-32-95-48-15-16-51-50(33-48)49(17-21-70-51)61(91)71-37-56(83)80-42-64(65,66)35-47(80)36-68/h11-17,21,33,45,47,52-53H,3-10,18-20,22-32,34-35,37-42H2,1-2H3,(H,71,91)(H,73,82)(H,74,92)(H,84,85)(H,86,87)(H,88,89)(H,69,72,81)/t47-,52+,53+/m1/s1. The number of aliphatic imine (C=N–C) groups is 1. The Bertz CT molecular complexity index is 3190. The molecule has 0 unspecified atom stereocenters. The summed E-state index contributed by atoms with van der Waals surface area (Å²) in [6, 6.07) is 12.3. The van der Waals surface area contributed by atoms with Crippen LogP contribution in [0.1, 0.15) is 93.5 Å². The molecule has 1 aromatic heterocycles. The van der Waals surface area contributed by atoms with Crippen LogP contribution in [0.3, 0.4) is 0 Å². The molecule has 3 atom stereocenters. The Labute approximate surface area is 563 Å². The van der Waals surface area contributed by atoms with Crippen molar-refractivity contribution in [3.05, 3.63) is 69.4 Å². The van der Waals surface area contributed by atoms with Crippen LogP contribution < -0.4 is 26.0 Å². The molecule has 31 heteroatoms. The lowest BCUT2D eigenvalue weighted by molar-refractivity contribution is -0.147. The third-order valence-electron chi connectivity index (χ3n) is 16.6. The number of carbonyl (C=O) groups excluding carboxylic acids is 7. The fourth-order valence-corrected chi connectivity index (χ4v) is 11.9. The lowest BCUT2D eigenvalue weighted by Crippen LogP contribution is -2.56. The topological polar surface area (TPSA) is 366 Å². The van der Waals surface area contributed by atoms with Gasteiger partial charge in [0.15, 0.2) is 0 Å². The Balaban J connectivity index is 1.06. The predicted molar refractivity (Wildman–Crippen MR) is 350 cm³/mol. The number of amides is 6. The maximum Gasteiger partial charge on any atom is 0.317 e. The number of alkyl halides is 2. The first-order chi connectivity index (χ1) is 45.4. The summed E-state index contributed by atoms with van der Waals surface area (Å²) in [5.74, 6) is -9.87. The van der Waals surface area contributed by atoms with Crippen molar-refractivity contribution in [3.8, 4) is 11.8 Å². The van der Waals surface area contributed by atoms with E-state index in [-0.39, 0.29) is 109 Å². The van der Waals surface area contributed by atoms with Crippen LogP contribution in [0.5, 0.6) is 5.75 Å². The average molecular weight is 1440 g/mol. The predicted octanol–water partition coefficient (Wildman–Crippen LogP) is 2.46. The number of halogens is 3. The Morgan fingerprint density at radius 3 is 1.97 bits per heavy atom. The van der Waals surface area contributed by atoms with Gasteiger partial charge in [0.25, 0.3) is 11.8 Å². The van der Waals surface area contributed by atoms with Gasteiger partial charge in [-0.15, -0.1) is 0 Å². The SMILES string of the molecule is COC(=O)C[C@H](NC(=O)[C@H](CCCC/N=C(\C)NC(=O)CCCc1ccc(I)cc1)NC(=O)CN1CCN(CC(=O)O)CCN(CC(=O)O)CCN(CC(=O)O)CC1)C(=O)N1CCC(CCCOc2ccc3nccc(C(=O)NCC(=O)N4CC(F)(F)C[C@@H]4C#N)c3c2)CC1. The molecule has 2 aromatic carbocycles. The first-order valence-corrected chi connectivity index (χ1v) is 32.9. The molecule has 95 heavy (non-hydrogen) atoms. The van der Waals surface area contributed by atoms with E-state index in [2.05, 4.69) is 53.8 Å². The Hall–Kier alpha value is -8.06. The number of fused-ring (bicyclic) bond motifs is 1. The molecule has 6 rings (SSSR count). The number of carboxylic acids is 3. The number of unbranched alkanes of at least 4 members (excludes halogenated alkanes) is 1. The van der Waals surface area contributed by atoms with E-state index in [1.807, 2.05) is 24.3 Å². The molecule has 518 valence electrons. The van der Waals surface area contributed by atoms with Gasteiger partial charge in [0.1, 0.15) is 23.9 Å². The monoisotopic (exact) mass is 1440 g/mol. The third-order valence-corrected chi connectivity index (χ3v) is 17.4. The molecule has 0 spiro atoms. The molecule has 3 aromatic rings. The molecule has 3 saturated heterocycles. The van der Waals surface area contributed by atoms with Gasteiger partial charge in [0.05, 0.1) is 82.4 Å². The number of carboxylic acid groups (broad SMARTS) is 3. The van der Waals surface area contributed by atoms with Crippen LogP contribution in [-0.2, 0) is 54.3 Å². The van der Waals surface area contributed by atoms with Crippen molar-refractivity contribution in [2.24, 2.45) is 10.9 Å². The zero-order valence-electron chi connectivity index (χ0n) is 53.6. The van der Waals surface area contributed by atoms with E-state index in [0.717, 1.165) is 34.0 Å². The van der Waals surface area contributed by atoms with Crippen LogP contribution in [0.4, 0.5) is 8.78 Å². The number of ether oxygens (including phenoxy) is 2. The van der Waals surface area contributed by atoms with Crippen LogP contribution in [0.2, 0.25) is 0 Å². The lowest BCUT2D eigenvalue weighted by atomic mass is 9.92. The number of rotatable bonds is 31. The van der Waals surface area contributed by atoms with Gasteiger partial charge < -0.3 is 55.9 Å². The van der Waals surface area contributed by atoms with Crippen molar-refractivity contribution in [1.29, 1.82) is 5.26 Å². The quantitative estimate of drug-likeness (QED) is 0.0160. The second-order valence-corrected chi connectivity index (χ2v) is 25.2. The number of benzene rings is 2. The van der Waals surface area contributed by atoms with E-state index in [9.17, 15) is 77.3 Å². The van der Waals surface area contributed by atoms with Gasteiger partial charge in [0.2, 0.25) is 29.5 Å². The normalized spacial score (nSPS) is 17.9. The number of piperidine rings is 1. The van der Waals surface area contributed by atoms with Gasteiger partial charge in [-0.3, -0.25) is 77.5 Å². The molecule has 0 bridgehead atoms. The number of likely N-dealkylation sites (tertiary alicyclic amines) is 2. The number of carbonyl (C=O) groups is 10. The van der Waals surface area contributed by atoms with Crippen molar-refractivity contribution in [1.82, 2.24) is 55.7 Å². The minimum atomic E-state index is -3.21. The van der Waals surface area contributed by atoms with Crippen molar-refractivity contribution in [2.45, 2.75) is 108 Å². The second-order valence-electron chi connectivity index (χ2n) is 23.9. The molecular weight excluding hydrogens is 1360 g/mol. The van der Waals surface area contributed by atoms with Gasteiger partial charge in [-0.25, -0.2) is 8.78 Å². The first-order valence-electron chi connectivity index (χ1n) is 31.8. The highest BCUT2D eigenvalue weighted by atomic mass is 127. The second kappa shape index (κ2) is 38.5. The molecule has 3 aliphatic heterocycles. The number of nitrogens with zero attached hydrogens (tertiary/aromatic N) is 9. The van der Waals surface area contributed by atoms with Gasteiger partial charge in [-0.2, -0.15) is 5.26 Å². The van der Waals surface area contributed by atoms with E-state index in [1.165, 1.54) is 12.3 Å². The number of hydrogen-bond acceptors (Lipinski definition) is 19. The maximum atomic E-state index is 14.5. The summed E-state index contributed by atoms with van der Waals surface area (Å²) < 4.78 is 40.1. The fourth-order valence-electron chi connectivity index (χ4n) is 11.5. The van der Waals surface area contributed by atoms with Crippen LogP contribution in [0.25, 0.3) is 10.9 Å². The van der Waals surface area contributed by atoms with Crippen molar-refractivity contribution >= 4 is 98.6 Å².